The maximum Gasteiger partial charge on any atom is 0.163 e. The summed E-state index contributed by atoms with van der Waals surface area (Å²) in [4.78, 5) is 0. The molecule has 0 aromatic carbocycles. The van der Waals surface area contributed by atoms with Gasteiger partial charge in [-0.05, 0) is 13.8 Å². The van der Waals surface area contributed by atoms with Gasteiger partial charge in [-0.15, -0.1) is 0 Å². The van der Waals surface area contributed by atoms with Crippen molar-refractivity contribution in [3.05, 3.63) is 0 Å². The Kier molecular flexibility index (Phi) is 2.53. The zero-order valence-corrected chi connectivity index (χ0v) is 8.43. The lowest BCUT2D eigenvalue weighted by Crippen LogP contribution is -2.59. The summed E-state index contributed by atoms with van der Waals surface area (Å²) in [6.07, 6.45) is -1.16. The SMILES string of the molecule is CC1(C)O[C@@H]2[C@H](O1)[C@@H](O)CN[C@@H]2CO. The molecule has 2 saturated heterocycles. The van der Waals surface area contributed by atoms with E-state index in [1.54, 1.807) is 0 Å². The predicted octanol–water partition coefficient (Wildman–Crippen LogP) is -1.17. The summed E-state index contributed by atoms with van der Waals surface area (Å²) >= 11 is 0. The molecule has 4 atom stereocenters. The van der Waals surface area contributed by atoms with Gasteiger partial charge in [0.15, 0.2) is 5.79 Å². The topological polar surface area (TPSA) is 71.0 Å². The number of nitrogens with one attached hydrogen (secondary N) is 1. The molecule has 2 fully saturated rings. The van der Waals surface area contributed by atoms with Crippen LogP contribution in [0.3, 0.4) is 0 Å². The Labute approximate surface area is 83.0 Å². The monoisotopic (exact) mass is 203 g/mol. The maximum atomic E-state index is 9.68. The van der Waals surface area contributed by atoms with Gasteiger partial charge in [0.05, 0.1) is 18.8 Å². The van der Waals surface area contributed by atoms with Gasteiger partial charge in [-0.25, -0.2) is 0 Å². The molecule has 0 saturated carbocycles. The van der Waals surface area contributed by atoms with E-state index >= 15 is 0 Å². The first-order chi connectivity index (χ1) is 6.53. The fourth-order valence-electron chi connectivity index (χ4n) is 2.10. The highest BCUT2D eigenvalue weighted by molar-refractivity contribution is 4.98. The number of rotatable bonds is 1. The summed E-state index contributed by atoms with van der Waals surface area (Å²) in [5.74, 6) is -0.671. The van der Waals surface area contributed by atoms with Crippen LogP contribution in [-0.4, -0.2) is 53.5 Å². The Balaban J connectivity index is 2.14. The normalized spacial score (nSPS) is 46.3. The number of ether oxygens (including phenoxy) is 2. The molecule has 2 heterocycles. The van der Waals surface area contributed by atoms with Crippen molar-refractivity contribution in [2.45, 2.75) is 44.0 Å². The number of aliphatic hydroxyl groups excluding tert-OH is 2. The van der Waals surface area contributed by atoms with E-state index in [-0.39, 0.29) is 24.9 Å². The van der Waals surface area contributed by atoms with Crippen LogP contribution in [0.4, 0.5) is 0 Å². The highest BCUT2D eigenvalue weighted by atomic mass is 16.8. The number of piperidine rings is 1. The molecule has 0 radical (unpaired) electrons. The van der Waals surface area contributed by atoms with Gasteiger partial charge in [0, 0.05) is 6.54 Å². The Morgan fingerprint density at radius 1 is 1.36 bits per heavy atom. The average Bonchev–Trinajstić information content (AvgIpc) is 2.42. The number of hydrogen-bond donors (Lipinski definition) is 3. The second-order valence-electron chi connectivity index (χ2n) is 4.33. The van der Waals surface area contributed by atoms with Crippen LogP contribution >= 0.6 is 0 Å². The van der Waals surface area contributed by atoms with E-state index in [4.69, 9.17) is 14.6 Å². The van der Waals surface area contributed by atoms with E-state index in [9.17, 15) is 5.11 Å². The zero-order chi connectivity index (χ0) is 10.3. The van der Waals surface area contributed by atoms with Crippen molar-refractivity contribution in [1.82, 2.24) is 5.32 Å². The van der Waals surface area contributed by atoms with E-state index in [1.165, 1.54) is 0 Å². The highest BCUT2D eigenvalue weighted by Gasteiger charge is 2.50. The summed E-state index contributed by atoms with van der Waals surface area (Å²) < 4.78 is 11.2. The Hall–Kier alpha value is -0.200. The van der Waals surface area contributed by atoms with E-state index in [0.717, 1.165) is 0 Å². The van der Waals surface area contributed by atoms with Gasteiger partial charge in [-0.2, -0.15) is 0 Å². The van der Waals surface area contributed by atoms with Crippen molar-refractivity contribution in [2.24, 2.45) is 0 Å². The van der Waals surface area contributed by atoms with Crippen LogP contribution in [0.2, 0.25) is 0 Å². The molecule has 0 aromatic rings. The van der Waals surface area contributed by atoms with Crippen molar-refractivity contribution >= 4 is 0 Å². The number of fused-ring (bicyclic) bond motifs is 1. The first-order valence-corrected chi connectivity index (χ1v) is 4.91. The second-order valence-corrected chi connectivity index (χ2v) is 4.33. The van der Waals surface area contributed by atoms with Gasteiger partial charge < -0.3 is 25.0 Å². The minimum Gasteiger partial charge on any atom is -0.395 e. The van der Waals surface area contributed by atoms with Crippen LogP contribution in [0.25, 0.3) is 0 Å². The molecule has 0 spiro atoms. The molecule has 14 heavy (non-hydrogen) atoms. The first-order valence-electron chi connectivity index (χ1n) is 4.91. The van der Waals surface area contributed by atoms with Crippen LogP contribution < -0.4 is 5.32 Å². The molecule has 3 N–H and O–H groups in total. The van der Waals surface area contributed by atoms with E-state index in [1.807, 2.05) is 13.8 Å². The molecule has 2 aliphatic heterocycles. The van der Waals surface area contributed by atoms with Crippen LogP contribution in [0, 0.1) is 0 Å². The summed E-state index contributed by atoms with van der Waals surface area (Å²) in [7, 11) is 0. The lowest BCUT2D eigenvalue weighted by atomic mass is 9.97. The second kappa shape index (κ2) is 3.43. The molecule has 5 heteroatoms. The average molecular weight is 203 g/mol. The Morgan fingerprint density at radius 2 is 2.00 bits per heavy atom. The van der Waals surface area contributed by atoms with Gasteiger partial charge in [-0.3, -0.25) is 0 Å². The van der Waals surface area contributed by atoms with Gasteiger partial charge in [-0.1, -0.05) is 0 Å². The fraction of sp³-hybridized carbons (Fsp3) is 1.00. The molecule has 0 amide bonds. The van der Waals surface area contributed by atoms with Crippen LogP contribution in [-0.2, 0) is 9.47 Å². The maximum absolute atomic E-state index is 9.68. The third kappa shape index (κ3) is 1.66. The molecule has 82 valence electrons. The van der Waals surface area contributed by atoms with Gasteiger partial charge in [0.25, 0.3) is 0 Å². The zero-order valence-electron chi connectivity index (χ0n) is 8.43. The Bertz CT molecular complexity index is 221. The van der Waals surface area contributed by atoms with Crippen molar-refractivity contribution < 1.29 is 19.7 Å². The van der Waals surface area contributed by atoms with Crippen molar-refractivity contribution in [3.63, 3.8) is 0 Å². The molecular weight excluding hydrogens is 186 g/mol. The molecule has 0 aromatic heterocycles. The van der Waals surface area contributed by atoms with E-state index in [2.05, 4.69) is 5.32 Å². The smallest absolute Gasteiger partial charge is 0.163 e. The highest BCUT2D eigenvalue weighted by Crippen LogP contribution is 2.33. The van der Waals surface area contributed by atoms with Gasteiger partial charge in [0.1, 0.15) is 12.2 Å². The lowest BCUT2D eigenvalue weighted by Gasteiger charge is -2.34. The molecular formula is C9H17NO4. The molecule has 0 aliphatic carbocycles. The minimum atomic E-state index is -0.671. The predicted molar refractivity (Wildman–Crippen MR) is 48.7 cm³/mol. The molecule has 2 rings (SSSR count). The summed E-state index contributed by atoms with van der Waals surface area (Å²) in [5.41, 5.74) is 0. The third-order valence-electron chi connectivity index (χ3n) is 2.73. The standard InChI is InChI=1S/C9H17NO4/c1-9(2)13-7-5(4-11)10-3-6(12)8(7)14-9/h5-8,10-12H,3-4H2,1-2H3/t5-,6+,7+,8-/m1/s1. The largest absolute Gasteiger partial charge is 0.395 e. The molecule has 0 bridgehead atoms. The minimum absolute atomic E-state index is 0.00662. The quantitative estimate of drug-likeness (QED) is 0.501. The van der Waals surface area contributed by atoms with Gasteiger partial charge >= 0.3 is 0 Å². The van der Waals surface area contributed by atoms with Crippen LogP contribution in [0.5, 0.6) is 0 Å². The first kappa shape index (κ1) is 10.3. The molecule has 0 unspecified atom stereocenters. The number of hydrogen-bond acceptors (Lipinski definition) is 5. The Morgan fingerprint density at radius 3 is 2.64 bits per heavy atom. The summed E-state index contributed by atoms with van der Waals surface area (Å²) in [6.45, 7) is 4.05. The third-order valence-corrected chi connectivity index (χ3v) is 2.73. The molecule has 5 nitrogen and oxygen atoms in total. The van der Waals surface area contributed by atoms with Gasteiger partial charge in [0.2, 0.25) is 0 Å². The number of β-amino-alcohol motifs (C(OH)–C–C–N with tert-alkyl or cyclic N) is 1. The summed E-state index contributed by atoms with van der Waals surface area (Å²) in [5, 5.41) is 21.8. The lowest BCUT2D eigenvalue weighted by molar-refractivity contribution is -0.153. The van der Waals surface area contributed by atoms with Crippen LogP contribution in [0.1, 0.15) is 13.8 Å². The molecule has 2 aliphatic rings. The fourth-order valence-corrected chi connectivity index (χ4v) is 2.10. The van der Waals surface area contributed by atoms with Crippen molar-refractivity contribution in [2.75, 3.05) is 13.2 Å². The van der Waals surface area contributed by atoms with E-state index < -0.39 is 11.9 Å². The van der Waals surface area contributed by atoms with Crippen molar-refractivity contribution in [1.29, 1.82) is 0 Å². The van der Waals surface area contributed by atoms with E-state index in [0.29, 0.717) is 6.54 Å². The van der Waals surface area contributed by atoms with Crippen molar-refractivity contribution in [3.8, 4) is 0 Å². The van der Waals surface area contributed by atoms with Crippen LogP contribution in [0.15, 0.2) is 0 Å². The number of aliphatic hydroxyl groups is 2. The summed E-state index contributed by atoms with van der Waals surface area (Å²) in [6, 6.07) is -0.148.